The van der Waals surface area contributed by atoms with Crippen LogP contribution in [0.3, 0.4) is 0 Å². The van der Waals surface area contributed by atoms with Crippen molar-refractivity contribution in [2.75, 3.05) is 0 Å². The molecule has 0 spiro atoms. The lowest BCUT2D eigenvalue weighted by Gasteiger charge is -2.11. The number of carbonyl (C=O) groups is 1. The molecule has 12 heteroatoms. The van der Waals surface area contributed by atoms with Crippen LogP contribution in [0.15, 0.2) is 27.6 Å². The van der Waals surface area contributed by atoms with Gasteiger partial charge in [-0.3, -0.25) is 4.79 Å². The molecule has 7 nitrogen and oxygen atoms in total. The molecule has 2 rings (SSSR count). The number of nitrogens with zero attached hydrogens (tertiary/aromatic N) is 2. The van der Waals surface area contributed by atoms with Crippen LogP contribution in [0, 0.1) is 0 Å². The summed E-state index contributed by atoms with van der Waals surface area (Å²) in [7, 11) is -7.54. The Hall–Kier alpha value is -0.870. The molecule has 20 heavy (non-hydrogen) atoms. The van der Waals surface area contributed by atoms with Crippen molar-refractivity contribution in [1.82, 2.24) is 4.41 Å². The molecular formula is C8H3Cl3N2O5S2. The molecule has 1 aromatic carbocycles. The lowest BCUT2D eigenvalue weighted by atomic mass is 10.1. The Labute approximate surface area is 129 Å². The number of hydrogen-bond acceptors (Lipinski definition) is 6. The number of rotatable bonds is 1. The van der Waals surface area contributed by atoms with Gasteiger partial charge in [0.25, 0.3) is 15.9 Å². The van der Waals surface area contributed by atoms with Gasteiger partial charge in [-0.15, -0.1) is 0 Å². The standard InChI is InChI=1S/C8H3Cl3N2O5S2/c9-8(10,11)4-1-2-5-6(3-4)20(17,18)13(7(5)14)12-19(15)16/h1-3H. The number of alkyl halides is 3. The van der Waals surface area contributed by atoms with Gasteiger partial charge in [0.15, 0.2) is 0 Å². The van der Waals surface area contributed by atoms with Gasteiger partial charge in [-0.05, 0) is 16.6 Å². The minimum absolute atomic E-state index is 0.0164. The van der Waals surface area contributed by atoms with Gasteiger partial charge in [0.05, 0.1) is 5.56 Å². The molecule has 0 aromatic heterocycles. The van der Waals surface area contributed by atoms with Crippen LogP contribution in [0.4, 0.5) is 0 Å². The van der Waals surface area contributed by atoms with Gasteiger partial charge in [-0.2, -0.15) is 16.8 Å². The van der Waals surface area contributed by atoms with Crippen LogP contribution in [0.25, 0.3) is 0 Å². The highest BCUT2D eigenvalue weighted by Gasteiger charge is 2.43. The Balaban J connectivity index is 2.73. The van der Waals surface area contributed by atoms with Gasteiger partial charge < -0.3 is 0 Å². The van der Waals surface area contributed by atoms with E-state index in [4.69, 9.17) is 34.8 Å². The van der Waals surface area contributed by atoms with Gasteiger partial charge >= 0.3 is 10.5 Å². The summed E-state index contributed by atoms with van der Waals surface area (Å²) in [5, 5.41) is 0. The Morgan fingerprint density at radius 2 is 1.80 bits per heavy atom. The molecule has 0 bridgehead atoms. The van der Waals surface area contributed by atoms with Crippen LogP contribution in [0.2, 0.25) is 0 Å². The first-order chi connectivity index (χ1) is 9.05. The van der Waals surface area contributed by atoms with Crippen LogP contribution in [0.1, 0.15) is 15.9 Å². The second-order valence-corrected chi connectivity index (χ2v) is 8.18. The Kier molecular flexibility index (Phi) is 3.76. The molecule has 0 aliphatic carbocycles. The largest absolute Gasteiger partial charge is 0.334 e. The lowest BCUT2D eigenvalue weighted by Crippen LogP contribution is -2.24. The molecule has 1 amide bonds. The van der Waals surface area contributed by atoms with Crippen molar-refractivity contribution >= 4 is 61.2 Å². The maximum absolute atomic E-state index is 12.0. The van der Waals surface area contributed by atoms with Crippen molar-refractivity contribution in [3.8, 4) is 0 Å². The number of amides is 1. The molecule has 0 saturated carbocycles. The van der Waals surface area contributed by atoms with Crippen LogP contribution in [0.5, 0.6) is 0 Å². The molecule has 0 atom stereocenters. The number of carbonyl (C=O) groups excluding carboxylic acids is 1. The SMILES string of the molecule is O=C1c2ccc(C(Cl)(Cl)Cl)cc2S(=O)(=O)N1N=S(=O)=O. The van der Waals surface area contributed by atoms with Crippen molar-refractivity contribution in [3.05, 3.63) is 29.3 Å². The summed E-state index contributed by atoms with van der Waals surface area (Å²) in [6, 6.07) is 3.35. The first kappa shape index (κ1) is 15.5. The molecule has 0 fully saturated rings. The number of benzene rings is 1. The zero-order chi connectivity index (χ0) is 15.3. The average Bonchev–Trinajstić information content (AvgIpc) is 2.49. The topological polar surface area (TPSA) is 101 Å². The van der Waals surface area contributed by atoms with Gasteiger partial charge in [0.2, 0.25) is 3.79 Å². The highest BCUT2D eigenvalue weighted by molar-refractivity contribution is 7.90. The van der Waals surface area contributed by atoms with E-state index in [0.29, 0.717) is 0 Å². The van der Waals surface area contributed by atoms with E-state index in [1.807, 2.05) is 0 Å². The summed E-state index contributed by atoms with van der Waals surface area (Å²) in [5.74, 6) is -1.10. The van der Waals surface area contributed by atoms with Crippen LogP contribution in [-0.2, 0) is 24.3 Å². The average molecular weight is 378 g/mol. The van der Waals surface area contributed by atoms with Crippen molar-refractivity contribution in [3.63, 3.8) is 0 Å². The van der Waals surface area contributed by atoms with Crippen molar-refractivity contribution < 1.29 is 21.6 Å². The summed E-state index contributed by atoms with van der Waals surface area (Å²) in [6.45, 7) is 0. The Bertz CT molecular complexity index is 833. The number of hydrogen-bond donors (Lipinski definition) is 0. The number of sulfonamides is 1. The number of fused-ring (bicyclic) bond motifs is 1. The molecule has 0 saturated heterocycles. The van der Waals surface area contributed by atoms with Crippen LogP contribution in [-0.4, -0.2) is 27.2 Å². The molecule has 1 heterocycles. The number of halogens is 3. The Morgan fingerprint density at radius 1 is 1.20 bits per heavy atom. The maximum Gasteiger partial charge on any atom is 0.334 e. The zero-order valence-corrected chi connectivity index (χ0v) is 13.0. The first-order valence-corrected chi connectivity index (χ1v) is 8.27. The maximum atomic E-state index is 12.0. The molecule has 0 radical (unpaired) electrons. The fraction of sp³-hybridized carbons (Fsp3) is 0.125. The Morgan fingerprint density at radius 3 is 2.30 bits per heavy atom. The lowest BCUT2D eigenvalue weighted by molar-refractivity contribution is 0.0875. The predicted molar refractivity (Wildman–Crippen MR) is 70.4 cm³/mol. The molecule has 1 aliphatic rings. The minimum Gasteiger partial charge on any atom is -0.266 e. The summed E-state index contributed by atoms with van der Waals surface area (Å²) in [4.78, 5) is 11.3. The van der Waals surface area contributed by atoms with E-state index < -0.39 is 35.1 Å². The van der Waals surface area contributed by atoms with Crippen LogP contribution >= 0.6 is 34.8 Å². The molecule has 108 valence electrons. The van der Waals surface area contributed by atoms with Gasteiger partial charge in [-0.25, -0.2) is 0 Å². The van der Waals surface area contributed by atoms with E-state index in [9.17, 15) is 21.6 Å². The fourth-order valence-electron chi connectivity index (χ4n) is 1.54. The predicted octanol–water partition coefficient (Wildman–Crippen LogP) is 1.64. The van der Waals surface area contributed by atoms with Crippen LogP contribution < -0.4 is 0 Å². The van der Waals surface area contributed by atoms with E-state index in [1.54, 1.807) is 0 Å². The van der Waals surface area contributed by atoms with Gasteiger partial charge in [0.1, 0.15) is 4.90 Å². The highest BCUT2D eigenvalue weighted by atomic mass is 35.6. The summed E-state index contributed by atoms with van der Waals surface area (Å²) < 4.78 is 45.7. The van der Waals surface area contributed by atoms with E-state index in [0.717, 1.165) is 12.1 Å². The minimum atomic E-state index is -4.43. The van der Waals surface area contributed by atoms with E-state index in [2.05, 4.69) is 4.47 Å². The third-order valence-electron chi connectivity index (χ3n) is 2.36. The third kappa shape index (κ3) is 2.51. The fourth-order valence-corrected chi connectivity index (χ4v) is 3.81. The van der Waals surface area contributed by atoms with E-state index in [1.165, 1.54) is 6.07 Å². The van der Waals surface area contributed by atoms with Crippen molar-refractivity contribution in [2.45, 2.75) is 8.69 Å². The summed E-state index contributed by atoms with van der Waals surface area (Å²) in [5.41, 5.74) is -0.236. The normalized spacial score (nSPS) is 16.9. The third-order valence-corrected chi connectivity index (χ3v) is 5.01. The van der Waals surface area contributed by atoms with E-state index in [-0.39, 0.29) is 15.5 Å². The highest BCUT2D eigenvalue weighted by Crippen LogP contribution is 2.41. The van der Waals surface area contributed by atoms with Crippen molar-refractivity contribution in [1.29, 1.82) is 0 Å². The van der Waals surface area contributed by atoms with Crippen molar-refractivity contribution in [2.24, 2.45) is 4.47 Å². The molecule has 1 aliphatic heterocycles. The van der Waals surface area contributed by atoms with E-state index >= 15 is 0 Å². The smallest absolute Gasteiger partial charge is 0.266 e. The summed E-state index contributed by atoms with van der Waals surface area (Å²) >= 11 is 16.9. The molecular weight excluding hydrogens is 375 g/mol. The molecule has 0 unspecified atom stereocenters. The zero-order valence-electron chi connectivity index (χ0n) is 9.12. The quantitative estimate of drug-likeness (QED) is 0.692. The second kappa shape index (κ2) is 4.85. The van der Waals surface area contributed by atoms with Gasteiger partial charge in [-0.1, -0.05) is 45.3 Å². The first-order valence-electron chi connectivity index (χ1n) is 4.67. The monoisotopic (exact) mass is 376 g/mol. The second-order valence-electron chi connectivity index (χ2n) is 3.56. The van der Waals surface area contributed by atoms with Gasteiger partial charge in [0, 0.05) is 5.56 Å². The molecule has 0 N–H and O–H groups in total. The molecule has 1 aromatic rings. The summed E-state index contributed by atoms with van der Waals surface area (Å²) in [6.07, 6.45) is 0.